The molecule has 0 radical (unpaired) electrons. The predicted molar refractivity (Wildman–Crippen MR) is 74.8 cm³/mol. The number of phenols is 1. The van der Waals surface area contributed by atoms with E-state index >= 15 is 0 Å². The summed E-state index contributed by atoms with van der Waals surface area (Å²) in [5, 5.41) is 19.1. The third-order valence-corrected chi connectivity index (χ3v) is 3.49. The van der Waals surface area contributed by atoms with E-state index in [1.165, 1.54) is 6.92 Å². The Bertz CT molecular complexity index is 489. The number of aliphatic hydroxyl groups excluding tert-OH is 1. The molecule has 1 aromatic carbocycles. The summed E-state index contributed by atoms with van der Waals surface area (Å²) in [7, 11) is 0. The van der Waals surface area contributed by atoms with E-state index in [1.54, 1.807) is 18.2 Å². The van der Waals surface area contributed by atoms with Crippen molar-refractivity contribution in [1.29, 1.82) is 0 Å². The molecule has 20 heavy (non-hydrogen) atoms. The summed E-state index contributed by atoms with van der Waals surface area (Å²) in [5.41, 5.74) is 1.32. The second-order valence-corrected chi connectivity index (χ2v) is 5.35. The number of phenolic OH excluding ortho intramolecular Hbond substituents is 1. The molecule has 2 atom stereocenters. The van der Waals surface area contributed by atoms with E-state index in [0.29, 0.717) is 18.7 Å². The van der Waals surface area contributed by atoms with E-state index in [0.717, 1.165) is 12.1 Å². The van der Waals surface area contributed by atoms with Crippen molar-refractivity contribution in [2.75, 3.05) is 19.7 Å². The molecule has 110 valence electrons. The molecule has 1 heterocycles. The monoisotopic (exact) mass is 279 g/mol. The van der Waals surface area contributed by atoms with Crippen LogP contribution in [0.15, 0.2) is 18.2 Å². The number of hydrogen-bond donors (Lipinski definition) is 2. The van der Waals surface area contributed by atoms with Gasteiger partial charge in [-0.2, -0.15) is 0 Å². The highest BCUT2D eigenvalue weighted by atomic mass is 16.5. The summed E-state index contributed by atoms with van der Waals surface area (Å²) in [6.45, 7) is 5.34. The van der Waals surface area contributed by atoms with Gasteiger partial charge in [0.1, 0.15) is 5.75 Å². The van der Waals surface area contributed by atoms with E-state index in [-0.39, 0.29) is 30.3 Å². The minimum atomic E-state index is -0.197. The Balaban J connectivity index is 2.12. The maximum atomic E-state index is 11.4. The largest absolute Gasteiger partial charge is 0.508 e. The van der Waals surface area contributed by atoms with E-state index < -0.39 is 0 Å². The lowest BCUT2D eigenvalue weighted by Crippen LogP contribution is -2.47. The van der Waals surface area contributed by atoms with Crippen molar-refractivity contribution in [3.05, 3.63) is 29.3 Å². The highest BCUT2D eigenvalue weighted by Gasteiger charge is 2.25. The highest BCUT2D eigenvalue weighted by Crippen LogP contribution is 2.22. The zero-order valence-corrected chi connectivity index (χ0v) is 11.9. The fraction of sp³-hybridized carbons (Fsp3) is 0.533. The number of ketones is 1. The molecule has 1 fully saturated rings. The Hall–Kier alpha value is -1.43. The van der Waals surface area contributed by atoms with Crippen molar-refractivity contribution in [2.45, 2.75) is 32.6 Å². The van der Waals surface area contributed by atoms with Gasteiger partial charge >= 0.3 is 0 Å². The number of ether oxygens (including phenoxy) is 1. The van der Waals surface area contributed by atoms with E-state index in [2.05, 4.69) is 4.90 Å². The van der Waals surface area contributed by atoms with Crippen molar-refractivity contribution < 1.29 is 19.7 Å². The third-order valence-electron chi connectivity index (χ3n) is 3.49. The molecule has 1 saturated heterocycles. The maximum Gasteiger partial charge on any atom is 0.159 e. The molecule has 2 N–H and O–H groups in total. The number of Topliss-reactive ketones (excluding diaryl/α,β-unsaturated/α-hetero) is 1. The van der Waals surface area contributed by atoms with Crippen LogP contribution in [0.3, 0.4) is 0 Å². The van der Waals surface area contributed by atoms with E-state index in [1.807, 2.05) is 6.92 Å². The van der Waals surface area contributed by atoms with Crippen LogP contribution in [-0.4, -0.2) is 52.8 Å². The van der Waals surface area contributed by atoms with Gasteiger partial charge in [-0.05, 0) is 32.0 Å². The summed E-state index contributed by atoms with van der Waals surface area (Å²) >= 11 is 0. The number of nitrogens with zero attached hydrogens (tertiary/aromatic N) is 1. The van der Waals surface area contributed by atoms with Crippen molar-refractivity contribution in [2.24, 2.45) is 0 Å². The average molecular weight is 279 g/mol. The lowest BCUT2D eigenvalue weighted by atomic mass is 10.1. The molecule has 0 aromatic heterocycles. The standard InChI is InChI=1S/C15H21NO4/c1-10-6-16(8-14(9-17)20-10)7-13-5-12(11(2)18)3-4-15(13)19/h3-5,10,14,17,19H,6-9H2,1-2H3. The number of rotatable bonds is 4. The topological polar surface area (TPSA) is 70.0 Å². The van der Waals surface area contributed by atoms with Gasteiger partial charge in [-0.25, -0.2) is 0 Å². The summed E-state index contributed by atoms with van der Waals surface area (Å²) in [4.78, 5) is 13.5. The molecule has 1 aromatic rings. The fourth-order valence-corrected chi connectivity index (χ4v) is 2.54. The SMILES string of the molecule is CC(=O)c1ccc(O)c(CN2CC(C)OC(CO)C2)c1. The molecule has 0 bridgehead atoms. The van der Waals surface area contributed by atoms with Crippen LogP contribution in [0.4, 0.5) is 0 Å². The van der Waals surface area contributed by atoms with Crippen LogP contribution in [0, 0.1) is 0 Å². The molecule has 2 unspecified atom stereocenters. The molecular formula is C15H21NO4. The fourth-order valence-electron chi connectivity index (χ4n) is 2.54. The van der Waals surface area contributed by atoms with Gasteiger partial charge in [-0.15, -0.1) is 0 Å². The lowest BCUT2D eigenvalue weighted by molar-refractivity contribution is -0.0973. The zero-order valence-electron chi connectivity index (χ0n) is 11.9. The smallest absolute Gasteiger partial charge is 0.159 e. The van der Waals surface area contributed by atoms with Crippen LogP contribution in [0.2, 0.25) is 0 Å². The number of benzene rings is 1. The lowest BCUT2D eigenvalue weighted by Gasteiger charge is -2.36. The van der Waals surface area contributed by atoms with Crippen molar-refractivity contribution in [1.82, 2.24) is 4.90 Å². The van der Waals surface area contributed by atoms with Gasteiger partial charge in [-0.1, -0.05) is 0 Å². The summed E-state index contributed by atoms with van der Waals surface area (Å²) in [6.07, 6.45) is -0.157. The van der Waals surface area contributed by atoms with Gasteiger partial charge in [0, 0.05) is 30.8 Å². The second-order valence-electron chi connectivity index (χ2n) is 5.35. The van der Waals surface area contributed by atoms with Crippen molar-refractivity contribution >= 4 is 5.78 Å². The minimum absolute atomic E-state index is 0.0136. The molecule has 0 amide bonds. The predicted octanol–water partition coefficient (Wildman–Crippen LogP) is 1.18. The summed E-state index contributed by atoms with van der Waals surface area (Å²) < 4.78 is 5.59. The van der Waals surface area contributed by atoms with Crippen molar-refractivity contribution in [3.63, 3.8) is 0 Å². The number of carbonyl (C=O) groups excluding carboxylic acids is 1. The Kier molecular flexibility index (Phi) is 4.75. The summed E-state index contributed by atoms with van der Waals surface area (Å²) in [6, 6.07) is 4.91. The number of aliphatic hydroxyl groups is 1. The number of morpholine rings is 1. The van der Waals surface area contributed by atoms with Crippen LogP contribution in [-0.2, 0) is 11.3 Å². The number of aromatic hydroxyl groups is 1. The Morgan fingerprint density at radius 2 is 2.20 bits per heavy atom. The normalized spacial score (nSPS) is 23.8. The first-order valence-corrected chi connectivity index (χ1v) is 6.81. The molecule has 0 aliphatic carbocycles. The molecule has 1 aliphatic rings. The quantitative estimate of drug-likeness (QED) is 0.810. The average Bonchev–Trinajstić information content (AvgIpc) is 2.40. The van der Waals surface area contributed by atoms with Gasteiger partial charge in [-0.3, -0.25) is 9.69 Å². The van der Waals surface area contributed by atoms with Gasteiger partial charge in [0.05, 0.1) is 18.8 Å². The van der Waals surface area contributed by atoms with Crippen LogP contribution in [0.5, 0.6) is 5.75 Å². The maximum absolute atomic E-state index is 11.4. The minimum Gasteiger partial charge on any atom is -0.508 e. The molecule has 0 saturated carbocycles. The molecule has 5 heteroatoms. The third kappa shape index (κ3) is 3.56. The Labute approximate surface area is 118 Å². The van der Waals surface area contributed by atoms with Crippen LogP contribution in [0.1, 0.15) is 29.8 Å². The molecule has 1 aliphatic heterocycles. The first kappa shape index (κ1) is 15.0. The molecule has 5 nitrogen and oxygen atoms in total. The molecule has 2 rings (SSSR count). The van der Waals surface area contributed by atoms with Gasteiger partial charge in [0.15, 0.2) is 5.78 Å². The van der Waals surface area contributed by atoms with E-state index in [4.69, 9.17) is 4.74 Å². The molecular weight excluding hydrogens is 258 g/mol. The molecule has 0 spiro atoms. The van der Waals surface area contributed by atoms with Crippen LogP contribution < -0.4 is 0 Å². The second kappa shape index (κ2) is 6.35. The van der Waals surface area contributed by atoms with Crippen molar-refractivity contribution in [3.8, 4) is 5.75 Å². The van der Waals surface area contributed by atoms with E-state index in [9.17, 15) is 15.0 Å². The number of hydrogen-bond acceptors (Lipinski definition) is 5. The Morgan fingerprint density at radius 3 is 2.85 bits per heavy atom. The summed E-state index contributed by atoms with van der Waals surface area (Å²) in [5.74, 6) is 0.171. The van der Waals surface area contributed by atoms with Crippen LogP contribution in [0.25, 0.3) is 0 Å². The van der Waals surface area contributed by atoms with Crippen LogP contribution >= 0.6 is 0 Å². The first-order chi connectivity index (χ1) is 9.49. The van der Waals surface area contributed by atoms with Gasteiger partial charge in [0.25, 0.3) is 0 Å². The van der Waals surface area contributed by atoms with Gasteiger partial charge in [0.2, 0.25) is 0 Å². The zero-order chi connectivity index (χ0) is 14.7. The highest BCUT2D eigenvalue weighted by molar-refractivity contribution is 5.94. The first-order valence-electron chi connectivity index (χ1n) is 6.81. The number of carbonyl (C=O) groups is 1. The Morgan fingerprint density at radius 1 is 1.45 bits per heavy atom. The van der Waals surface area contributed by atoms with Gasteiger partial charge < -0.3 is 14.9 Å².